The van der Waals surface area contributed by atoms with Crippen LogP contribution in [0.5, 0.6) is 0 Å². The summed E-state index contributed by atoms with van der Waals surface area (Å²) >= 11 is 0. The van der Waals surface area contributed by atoms with Gasteiger partial charge in [-0.2, -0.15) is 0 Å². The molecule has 0 spiro atoms. The average Bonchev–Trinajstić information content (AvgIpc) is 2.98. The largest absolute Gasteiger partial charge is 0.298 e. The molecule has 0 radical (unpaired) electrons. The second kappa shape index (κ2) is 16.6. The summed E-state index contributed by atoms with van der Waals surface area (Å²) in [6.45, 7) is 24.1. The van der Waals surface area contributed by atoms with E-state index in [1.54, 1.807) is 0 Å². The summed E-state index contributed by atoms with van der Waals surface area (Å²) in [6.07, 6.45) is 12.0. The minimum Gasteiger partial charge on any atom is -0.298 e. The Morgan fingerprint density at radius 1 is 0.762 bits per heavy atom. The van der Waals surface area contributed by atoms with Gasteiger partial charge in [-0.3, -0.25) is 9.59 Å². The van der Waals surface area contributed by atoms with E-state index in [0.717, 1.165) is 48.4 Å². The Hall–Kier alpha value is -3.00. The normalized spacial score (nSPS) is 20.0. The maximum Gasteiger partial charge on any atom is 0.150 e. The molecule has 2 aromatic rings. The van der Waals surface area contributed by atoms with Gasteiger partial charge in [-0.05, 0) is 90.7 Å². The highest BCUT2D eigenvalue weighted by atomic mass is 16.1. The third-order valence-corrected chi connectivity index (χ3v) is 9.35. The minimum atomic E-state index is 0.538. The number of rotatable bonds is 5. The molecule has 0 amide bonds. The predicted octanol–water partition coefficient (Wildman–Crippen LogP) is 11.2. The Morgan fingerprint density at radius 3 is 1.64 bits per heavy atom. The number of carbonyl (C=O) groups is 2. The summed E-state index contributed by atoms with van der Waals surface area (Å²) in [5.41, 5.74) is 9.28. The molecule has 0 unspecified atom stereocenters. The lowest BCUT2D eigenvalue weighted by Crippen LogP contribution is -2.48. The summed E-state index contributed by atoms with van der Waals surface area (Å²) < 4.78 is 0. The maximum atomic E-state index is 10.3. The van der Waals surface area contributed by atoms with Gasteiger partial charge in [0.25, 0.3) is 0 Å². The lowest BCUT2D eigenvalue weighted by Gasteiger charge is -2.57. The highest BCUT2D eigenvalue weighted by Gasteiger charge is 2.51. The van der Waals surface area contributed by atoms with Crippen molar-refractivity contribution in [3.63, 3.8) is 0 Å². The van der Waals surface area contributed by atoms with Crippen molar-refractivity contribution in [2.24, 2.45) is 23.2 Å². The van der Waals surface area contributed by atoms with Crippen LogP contribution in [-0.4, -0.2) is 12.6 Å². The lowest BCUT2D eigenvalue weighted by atomic mass is 9.47. The van der Waals surface area contributed by atoms with Crippen LogP contribution in [0.3, 0.4) is 0 Å². The molecule has 2 bridgehead atoms. The Morgan fingerprint density at radius 2 is 1.31 bits per heavy atom. The monoisotopic (exact) mass is 568 g/mol. The zero-order chi connectivity index (χ0) is 31.4. The van der Waals surface area contributed by atoms with E-state index in [2.05, 4.69) is 99.2 Å². The number of allylic oxidation sites excluding steroid dienone is 5. The molecule has 4 aliphatic carbocycles. The number of carbonyl (C=O) groups excluding carboxylic acids is 2. The summed E-state index contributed by atoms with van der Waals surface area (Å²) in [5.74, 6) is 3.70. The van der Waals surface area contributed by atoms with Gasteiger partial charge in [0.05, 0.1) is 0 Å². The van der Waals surface area contributed by atoms with Crippen LogP contribution in [0.25, 0.3) is 0 Å². The fraction of sp³-hybridized carbons (Fsp3) is 0.500. The van der Waals surface area contributed by atoms with Crippen LogP contribution in [0, 0.1) is 30.1 Å². The Labute approximate surface area is 257 Å². The Bertz CT molecular complexity index is 1200. The summed E-state index contributed by atoms with van der Waals surface area (Å²) in [5, 5.41) is 0. The van der Waals surface area contributed by atoms with E-state index < -0.39 is 0 Å². The van der Waals surface area contributed by atoms with E-state index in [4.69, 9.17) is 0 Å². The average molecular weight is 569 g/mol. The van der Waals surface area contributed by atoms with E-state index in [0.29, 0.717) is 23.2 Å². The van der Waals surface area contributed by atoms with E-state index in [9.17, 15) is 9.59 Å². The van der Waals surface area contributed by atoms with Crippen molar-refractivity contribution in [1.82, 2.24) is 0 Å². The molecule has 3 fully saturated rings. The smallest absolute Gasteiger partial charge is 0.150 e. The summed E-state index contributed by atoms with van der Waals surface area (Å²) in [6, 6.07) is 16.4. The zero-order valence-corrected chi connectivity index (χ0v) is 27.9. The first kappa shape index (κ1) is 35.2. The third-order valence-electron chi connectivity index (χ3n) is 9.35. The van der Waals surface area contributed by atoms with Crippen LogP contribution in [0.2, 0.25) is 0 Å². The van der Waals surface area contributed by atoms with E-state index in [1.807, 2.05) is 30.3 Å². The van der Waals surface area contributed by atoms with E-state index in [1.165, 1.54) is 47.1 Å². The first-order chi connectivity index (χ1) is 19.8. The van der Waals surface area contributed by atoms with E-state index in [-0.39, 0.29) is 0 Å². The molecule has 0 saturated heterocycles. The van der Waals surface area contributed by atoms with Gasteiger partial charge in [-0.1, -0.05) is 139 Å². The van der Waals surface area contributed by atoms with Gasteiger partial charge >= 0.3 is 0 Å². The van der Waals surface area contributed by atoms with Crippen molar-refractivity contribution < 1.29 is 9.59 Å². The third kappa shape index (κ3) is 10.4. The molecular formula is C40H56O2. The summed E-state index contributed by atoms with van der Waals surface area (Å²) in [4.78, 5) is 20.6. The van der Waals surface area contributed by atoms with Gasteiger partial charge in [0.15, 0.2) is 0 Å². The fourth-order valence-corrected chi connectivity index (χ4v) is 5.88. The molecule has 4 aliphatic rings. The second-order valence-corrected chi connectivity index (χ2v) is 13.7. The number of hydrogen-bond donors (Lipinski definition) is 0. The highest BCUT2D eigenvalue weighted by molar-refractivity contribution is 5.74. The molecule has 3 saturated carbocycles. The molecule has 228 valence electrons. The van der Waals surface area contributed by atoms with Crippen molar-refractivity contribution in [2.45, 2.75) is 106 Å². The number of benzene rings is 2. The number of aryl methyl sites for hydroxylation is 1. The molecule has 42 heavy (non-hydrogen) atoms. The van der Waals surface area contributed by atoms with Gasteiger partial charge < -0.3 is 0 Å². The van der Waals surface area contributed by atoms with Crippen molar-refractivity contribution >= 4 is 12.6 Å². The second-order valence-electron chi connectivity index (χ2n) is 13.7. The molecule has 0 aliphatic heterocycles. The first-order valence-electron chi connectivity index (χ1n) is 15.9. The quantitative estimate of drug-likeness (QED) is 0.265. The number of hydrogen-bond acceptors (Lipinski definition) is 2. The van der Waals surface area contributed by atoms with Crippen LogP contribution in [0.15, 0.2) is 84.0 Å². The molecule has 0 heterocycles. The molecule has 6 rings (SSSR count). The number of fused-ring (bicyclic) bond motifs is 2. The van der Waals surface area contributed by atoms with Gasteiger partial charge in [0.2, 0.25) is 0 Å². The molecule has 0 N–H and O–H groups in total. The molecule has 2 aromatic carbocycles. The fourth-order valence-electron chi connectivity index (χ4n) is 5.88. The van der Waals surface area contributed by atoms with Gasteiger partial charge in [0, 0.05) is 5.56 Å². The Balaban J connectivity index is 0.000000196. The van der Waals surface area contributed by atoms with Crippen molar-refractivity contribution in [3.05, 3.63) is 106 Å². The molecule has 0 aromatic heterocycles. The van der Waals surface area contributed by atoms with Crippen molar-refractivity contribution in [1.29, 1.82) is 0 Å². The van der Waals surface area contributed by atoms with Crippen molar-refractivity contribution in [3.8, 4) is 0 Å². The minimum absolute atomic E-state index is 0.538. The topological polar surface area (TPSA) is 34.1 Å². The van der Waals surface area contributed by atoms with Crippen LogP contribution < -0.4 is 0 Å². The number of aldehydes is 2. The maximum absolute atomic E-state index is 10.3. The van der Waals surface area contributed by atoms with E-state index >= 15 is 0 Å². The van der Waals surface area contributed by atoms with Crippen LogP contribution in [0.1, 0.15) is 126 Å². The first-order valence-corrected chi connectivity index (χ1v) is 15.9. The highest BCUT2D eigenvalue weighted by Crippen LogP contribution is 2.60. The molecular weight excluding hydrogens is 512 g/mol. The molecule has 2 atom stereocenters. The lowest BCUT2D eigenvalue weighted by molar-refractivity contribution is -0.105. The van der Waals surface area contributed by atoms with Gasteiger partial charge in [0.1, 0.15) is 12.6 Å². The zero-order valence-electron chi connectivity index (χ0n) is 27.9. The summed E-state index contributed by atoms with van der Waals surface area (Å²) in [7, 11) is 0. The van der Waals surface area contributed by atoms with Gasteiger partial charge in [-0.25, -0.2) is 0 Å². The predicted molar refractivity (Wildman–Crippen MR) is 181 cm³/mol. The molecule has 2 nitrogen and oxygen atoms in total. The van der Waals surface area contributed by atoms with Crippen LogP contribution in [0.4, 0.5) is 0 Å². The molecule has 2 heteroatoms. The van der Waals surface area contributed by atoms with Crippen LogP contribution in [-0.2, 0) is 4.79 Å². The van der Waals surface area contributed by atoms with Gasteiger partial charge in [-0.15, -0.1) is 0 Å². The van der Waals surface area contributed by atoms with Crippen molar-refractivity contribution in [2.75, 3.05) is 0 Å². The standard InChI is InChI=1S/C10H14O.C10H12O.C10H16.C10H14/c2*1-8(2)10-5-3-9(7-11)4-6-10;1-7-4-5-8-6-9(7)10(8,2)3;1-8(2)10-6-4-9(3)5-7-10/h3,6-8H,4-5H2,1-2H3;3-8H,1-2H3;8-9H,1,4-6H2,2-3H3;4-8H,1-3H3/t;;8-,9-;/m..0./s1. The Kier molecular flexibility index (Phi) is 13.9. The SMILES string of the molecule is C=C1CC[C@H]2C[C@@H]1C2(C)C.CC(C)C1=CCC(C=O)=CC1.CC(C)c1ccc(C=O)cc1.Cc1ccc(C(C)C)cc1. The van der Waals surface area contributed by atoms with Crippen LogP contribution >= 0.6 is 0 Å².